The summed E-state index contributed by atoms with van der Waals surface area (Å²) in [7, 11) is 0.775. The molecule has 3 rings (SSSR count). The molecule has 0 fully saturated rings. The lowest BCUT2D eigenvalue weighted by atomic mass is 9.92. The van der Waals surface area contributed by atoms with E-state index in [1.165, 1.54) is 18.2 Å². The highest BCUT2D eigenvalue weighted by Gasteiger charge is 2.64. The predicted molar refractivity (Wildman–Crippen MR) is 115 cm³/mol. The van der Waals surface area contributed by atoms with Crippen molar-refractivity contribution in [2.45, 2.75) is 17.9 Å². The van der Waals surface area contributed by atoms with Crippen LogP contribution < -0.4 is 4.74 Å². The van der Waals surface area contributed by atoms with Gasteiger partial charge < -0.3 is 14.2 Å². The molecule has 0 aliphatic heterocycles. The number of rotatable bonds is 9. The third-order valence-electron chi connectivity index (χ3n) is 4.97. The van der Waals surface area contributed by atoms with Gasteiger partial charge in [-0.15, -0.1) is 0 Å². The highest BCUT2D eigenvalue weighted by molar-refractivity contribution is 5.88. The second-order valence-corrected chi connectivity index (χ2v) is 6.98. The minimum Gasteiger partial charge on any atom is -0.489 e. The number of esters is 1. The predicted octanol–water partition coefficient (Wildman–Crippen LogP) is 5.54. The van der Waals surface area contributed by atoms with Crippen molar-refractivity contribution < 1.29 is 32.2 Å². The normalized spacial score (nSPS) is 14.1. The van der Waals surface area contributed by atoms with Crippen molar-refractivity contribution in [2.24, 2.45) is 5.11 Å². The number of carbonyl (C=O) groups is 1. The molecule has 0 heterocycles. The summed E-state index contributed by atoms with van der Waals surface area (Å²) < 4.78 is 57.9. The lowest BCUT2D eigenvalue weighted by Gasteiger charge is -2.33. The number of hydrogen-bond acceptors (Lipinski definition) is 5. The summed E-state index contributed by atoms with van der Waals surface area (Å²) in [6, 6.07) is 19.1. The quantitative estimate of drug-likeness (QED) is 0.182. The largest absolute Gasteiger partial charge is 0.489 e. The fourth-order valence-corrected chi connectivity index (χ4v) is 3.38. The molecule has 0 saturated carbocycles. The van der Waals surface area contributed by atoms with Crippen LogP contribution in [0.5, 0.6) is 5.75 Å². The molecule has 0 unspecified atom stereocenters. The van der Waals surface area contributed by atoms with E-state index in [0.717, 1.165) is 30.0 Å². The van der Waals surface area contributed by atoms with Crippen molar-refractivity contribution in [3.05, 3.63) is 88.8 Å². The molecular formula is C23H20F3N3O4. The Kier molecular flexibility index (Phi) is 7.42. The first kappa shape index (κ1) is 23.9. The maximum Gasteiger partial charge on any atom is 0.432 e. The third kappa shape index (κ3) is 5.02. The summed E-state index contributed by atoms with van der Waals surface area (Å²) in [4.78, 5) is 15.5. The van der Waals surface area contributed by atoms with E-state index in [1.54, 1.807) is 12.1 Å². The zero-order valence-corrected chi connectivity index (χ0v) is 17.5. The minimum atomic E-state index is -5.13. The molecule has 33 heavy (non-hydrogen) atoms. The summed E-state index contributed by atoms with van der Waals surface area (Å²) in [5.74, 6) is -1.25. The Hall–Kier alpha value is -3.75. The fourth-order valence-electron chi connectivity index (χ4n) is 3.38. The van der Waals surface area contributed by atoms with Gasteiger partial charge in [-0.3, -0.25) is 0 Å². The van der Waals surface area contributed by atoms with Gasteiger partial charge in [-0.2, -0.15) is 13.2 Å². The van der Waals surface area contributed by atoms with Crippen LogP contribution in [0.25, 0.3) is 21.2 Å². The molecule has 0 saturated heterocycles. The van der Waals surface area contributed by atoms with Crippen LogP contribution in [0.2, 0.25) is 0 Å². The van der Waals surface area contributed by atoms with E-state index in [0.29, 0.717) is 5.75 Å². The maximum atomic E-state index is 14.1. The number of alkyl halides is 3. The molecule has 2 atom stereocenters. The van der Waals surface area contributed by atoms with Crippen LogP contribution in [-0.2, 0) is 19.9 Å². The number of halogens is 3. The zero-order chi connectivity index (χ0) is 23.9. The first-order valence-corrected chi connectivity index (χ1v) is 9.83. The number of fused-ring (bicyclic) bond motifs is 1. The third-order valence-corrected chi connectivity index (χ3v) is 4.97. The molecular weight excluding hydrogens is 439 g/mol. The summed E-state index contributed by atoms with van der Waals surface area (Å²) in [6.07, 6.45) is -6.42. The van der Waals surface area contributed by atoms with Crippen LogP contribution in [0, 0.1) is 0 Å². The maximum absolute atomic E-state index is 14.1. The number of methoxy groups -OCH3 is 1. The second-order valence-electron chi connectivity index (χ2n) is 6.98. The number of carbonyl (C=O) groups excluding carboxylic acids is 1. The zero-order valence-electron chi connectivity index (χ0n) is 17.5. The molecule has 7 nitrogen and oxygen atoms in total. The van der Waals surface area contributed by atoms with E-state index < -0.39 is 36.0 Å². The Morgan fingerprint density at radius 1 is 1.03 bits per heavy atom. The van der Waals surface area contributed by atoms with Crippen molar-refractivity contribution in [1.29, 1.82) is 0 Å². The molecule has 0 radical (unpaired) electrons. The van der Waals surface area contributed by atoms with Crippen molar-refractivity contribution in [3.8, 4) is 5.75 Å². The highest BCUT2D eigenvalue weighted by atomic mass is 19.4. The fraction of sp³-hybridized carbons (Fsp3) is 0.261. The van der Waals surface area contributed by atoms with Crippen LogP contribution >= 0.6 is 0 Å². The van der Waals surface area contributed by atoms with Gasteiger partial charge in [0, 0.05) is 23.0 Å². The Labute approximate surface area is 187 Å². The van der Waals surface area contributed by atoms with Gasteiger partial charge in [0.15, 0.2) is 0 Å². The van der Waals surface area contributed by atoms with Gasteiger partial charge in [-0.25, -0.2) is 4.79 Å². The minimum absolute atomic E-state index is 0.342. The van der Waals surface area contributed by atoms with Crippen LogP contribution in [-0.4, -0.2) is 38.5 Å². The number of nitrogens with zero attached hydrogens (tertiary/aromatic N) is 3. The lowest BCUT2D eigenvalue weighted by molar-refractivity contribution is -0.278. The summed E-state index contributed by atoms with van der Waals surface area (Å²) >= 11 is 0. The molecule has 0 aliphatic carbocycles. The Bertz CT molecular complexity index is 1150. The van der Waals surface area contributed by atoms with E-state index in [1.807, 2.05) is 30.3 Å². The topological polar surface area (TPSA) is 93.5 Å². The van der Waals surface area contributed by atoms with Gasteiger partial charge in [-0.05, 0) is 17.0 Å². The number of hydrogen-bond donors (Lipinski definition) is 0. The first-order chi connectivity index (χ1) is 15.8. The number of benzene rings is 3. The van der Waals surface area contributed by atoms with E-state index in [4.69, 9.17) is 19.7 Å². The Morgan fingerprint density at radius 3 is 2.36 bits per heavy atom. The number of ether oxygens (including phenoxy) is 3. The molecule has 0 aromatic heterocycles. The standard InChI is InChI=1S/C23H20F3N3O4/c1-31-22(23(24,25)26,17-10-3-2-4-11-17)21(30)33-18(14-28-29-27)15-32-20-13-7-9-16-8-5-6-12-19(16)20/h2-13,18H,14-15H2,1H3/t18-,22-/m1/s1. The summed E-state index contributed by atoms with van der Waals surface area (Å²) in [5.41, 5.74) is 4.86. The molecule has 0 aliphatic rings. The van der Waals surface area contributed by atoms with E-state index in [2.05, 4.69) is 10.0 Å². The van der Waals surface area contributed by atoms with E-state index >= 15 is 0 Å². The highest BCUT2D eigenvalue weighted by Crippen LogP contribution is 2.43. The Balaban J connectivity index is 1.88. The van der Waals surface area contributed by atoms with Gasteiger partial charge in [0.25, 0.3) is 5.60 Å². The summed E-state index contributed by atoms with van der Waals surface area (Å²) in [6.45, 7) is -0.773. The van der Waals surface area contributed by atoms with Gasteiger partial charge in [0.05, 0.1) is 6.54 Å². The van der Waals surface area contributed by atoms with Crippen molar-refractivity contribution >= 4 is 16.7 Å². The SMILES string of the molecule is CO[C@@](C(=O)O[C@H](CN=[N+]=[N-])COc1cccc2ccccc12)(c1ccccc1)C(F)(F)F. The van der Waals surface area contributed by atoms with Crippen LogP contribution in [0.1, 0.15) is 5.56 Å². The Morgan fingerprint density at radius 2 is 1.70 bits per heavy atom. The average Bonchev–Trinajstić information content (AvgIpc) is 2.81. The van der Waals surface area contributed by atoms with Crippen LogP contribution in [0.15, 0.2) is 77.9 Å². The smallest absolute Gasteiger partial charge is 0.432 e. The molecule has 10 heteroatoms. The molecule has 3 aromatic rings. The van der Waals surface area contributed by atoms with Gasteiger partial charge >= 0.3 is 12.1 Å². The molecule has 3 aromatic carbocycles. The lowest BCUT2D eigenvalue weighted by Crippen LogP contribution is -2.53. The average molecular weight is 459 g/mol. The van der Waals surface area contributed by atoms with Crippen LogP contribution in [0.4, 0.5) is 13.2 Å². The first-order valence-electron chi connectivity index (χ1n) is 9.83. The molecule has 0 N–H and O–H groups in total. The van der Waals surface area contributed by atoms with Gasteiger partial charge in [0.1, 0.15) is 18.5 Å². The monoisotopic (exact) mass is 459 g/mol. The van der Waals surface area contributed by atoms with Crippen LogP contribution in [0.3, 0.4) is 0 Å². The van der Waals surface area contributed by atoms with Crippen molar-refractivity contribution in [2.75, 3.05) is 20.3 Å². The van der Waals surface area contributed by atoms with Gasteiger partial charge in [-0.1, -0.05) is 71.8 Å². The van der Waals surface area contributed by atoms with Crippen molar-refractivity contribution in [3.63, 3.8) is 0 Å². The van der Waals surface area contributed by atoms with E-state index in [-0.39, 0.29) is 6.61 Å². The summed E-state index contributed by atoms with van der Waals surface area (Å²) in [5, 5.41) is 4.99. The number of azide groups is 1. The second kappa shape index (κ2) is 10.2. The van der Waals surface area contributed by atoms with Gasteiger partial charge in [0.2, 0.25) is 0 Å². The molecule has 172 valence electrons. The molecule has 0 spiro atoms. The molecule has 0 amide bonds. The van der Waals surface area contributed by atoms with Crippen molar-refractivity contribution in [1.82, 2.24) is 0 Å². The van der Waals surface area contributed by atoms with E-state index in [9.17, 15) is 18.0 Å². The molecule has 0 bridgehead atoms.